The molecule has 180 valence electrons. The third kappa shape index (κ3) is 4.30. The second-order valence-electron chi connectivity index (χ2n) is 8.71. The SMILES string of the molecule is COc1ccccc1C(=O)NCc1ccc(-c2nn(C3CCCC3)c3ncnc(N)c23)cc1CO. The molecule has 2 heterocycles. The van der Waals surface area contributed by atoms with Gasteiger partial charge in [-0.3, -0.25) is 4.79 Å². The Labute approximate surface area is 203 Å². The normalized spacial score (nSPS) is 13.9. The van der Waals surface area contributed by atoms with E-state index in [2.05, 4.69) is 15.3 Å². The van der Waals surface area contributed by atoms with E-state index in [1.54, 1.807) is 18.2 Å². The molecule has 35 heavy (non-hydrogen) atoms. The fourth-order valence-corrected chi connectivity index (χ4v) is 4.80. The number of fused-ring (bicyclic) bond motifs is 1. The Morgan fingerprint density at radius 2 is 1.97 bits per heavy atom. The Balaban J connectivity index is 1.45. The van der Waals surface area contributed by atoms with Crippen LogP contribution in [0.25, 0.3) is 22.3 Å². The Morgan fingerprint density at radius 3 is 2.74 bits per heavy atom. The van der Waals surface area contributed by atoms with E-state index < -0.39 is 0 Å². The number of rotatable bonds is 7. The van der Waals surface area contributed by atoms with Crippen molar-refractivity contribution < 1.29 is 14.6 Å². The van der Waals surface area contributed by atoms with Crippen LogP contribution in [0.2, 0.25) is 0 Å². The van der Waals surface area contributed by atoms with Gasteiger partial charge in [-0.2, -0.15) is 5.10 Å². The first kappa shape index (κ1) is 22.8. The van der Waals surface area contributed by atoms with Gasteiger partial charge in [0.2, 0.25) is 0 Å². The number of hydrogen-bond acceptors (Lipinski definition) is 7. The lowest BCUT2D eigenvalue weighted by atomic mass is 10.0. The molecular weight excluding hydrogens is 444 g/mol. The summed E-state index contributed by atoms with van der Waals surface area (Å²) in [5, 5.41) is 18.6. The van der Waals surface area contributed by atoms with E-state index in [9.17, 15) is 9.90 Å². The molecule has 9 nitrogen and oxygen atoms in total. The van der Waals surface area contributed by atoms with Gasteiger partial charge in [-0.1, -0.05) is 37.1 Å². The number of carbonyl (C=O) groups is 1. The van der Waals surface area contributed by atoms with E-state index in [1.165, 1.54) is 26.3 Å². The van der Waals surface area contributed by atoms with E-state index in [-0.39, 0.29) is 19.1 Å². The van der Waals surface area contributed by atoms with Crippen LogP contribution in [-0.2, 0) is 13.2 Å². The van der Waals surface area contributed by atoms with Crippen LogP contribution >= 0.6 is 0 Å². The summed E-state index contributed by atoms with van der Waals surface area (Å²) in [6, 6.07) is 13.1. The minimum absolute atomic E-state index is 0.180. The number of para-hydroxylation sites is 1. The maximum Gasteiger partial charge on any atom is 0.255 e. The lowest BCUT2D eigenvalue weighted by Gasteiger charge is -2.12. The highest BCUT2D eigenvalue weighted by atomic mass is 16.5. The standard InChI is InChI=1S/C26H28N6O3/c1-35-21-9-5-4-8-20(21)26(34)28-13-17-11-10-16(12-18(17)14-33)23-22-24(27)29-15-30-25(22)32(31-23)19-6-2-3-7-19/h4-5,8-12,15,19,33H,2-3,6-7,13-14H2,1H3,(H,28,34)(H2,27,29,30). The predicted octanol–water partition coefficient (Wildman–Crippen LogP) is 3.62. The zero-order chi connectivity index (χ0) is 24.4. The molecule has 0 radical (unpaired) electrons. The molecule has 1 amide bonds. The molecule has 1 fully saturated rings. The Kier molecular flexibility index (Phi) is 6.33. The number of methoxy groups -OCH3 is 1. The highest BCUT2D eigenvalue weighted by Gasteiger charge is 2.25. The van der Waals surface area contributed by atoms with Gasteiger partial charge in [-0.15, -0.1) is 0 Å². The molecule has 1 aliphatic rings. The number of benzene rings is 2. The van der Waals surface area contributed by atoms with Gasteiger partial charge in [0.1, 0.15) is 23.6 Å². The van der Waals surface area contributed by atoms with E-state index in [0.29, 0.717) is 34.4 Å². The van der Waals surface area contributed by atoms with E-state index in [1.807, 2.05) is 28.9 Å². The Bertz CT molecular complexity index is 1380. The lowest BCUT2D eigenvalue weighted by Crippen LogP contribution is -2.24. The van der Waals surface area contributed by atoms with Gasteiger partial charge < -0.3 is 20.9 Å². The number of aliphatic hydroxyl groups excluding tert-OH is 1. The fourth-order valence-electron chi connectivity index (χ4n) is 4.80. The Morgan fingerprint density at radius 1 is 1.17 bits per heavy atom. The molecule has 0 bridgehead atoms. The topological polar surface area (TPSA) is 128 Å². The van der Waals surface area contributed by atoms with Crippen molar-refractivity contribution in [3.63, 3.8) is 0 Å². The molecule has 9 heteroatoms. The summed E-state index contributed by atoms with van der Waals surface area (Å²) in [5.41, 5.74) is 10.5. The number of nitrogens with zero attached hydrogens (tertiary/aromatic N) is 4. The molecule has 0 atom stereocenters. The minimum atomic E-state index is -0.248. The van der Waals surface area contributed by atoms with Gasteiger partial charge in [0.15, 0.2) is 5.65 Å². The summed E-state index contributed by atoms with van der Waals surface area (Å²) in [7, 11) is 1.53. The molecule has 1 aliphatic carbocycles. The van der Waals surface area contributed by atoms with E-state index >= 15 is 0 Å². The number of nitrogens with one attached hydrogen (secondary N) is 1. The molecule has 2 aromatic carbocycles. The number of amides is 1. The average Bonchev–Trinajstić information content (AvgIpc) is 3.56. The van der Waals surface area contributed by atoms with Crippen LogP contribution in [0.3, 0.4) is 0 Å². The molecular formula is C26H28N6O3. The largest absolute Gasteiger partial charge is 0.496 e. The molecule has 4 aromatic rings. The molecule has 4 N–H and O–H groups in total. The van der Waals surface area contributed by atoms with Crippen LogP contribution in [0, 0.1) is 0 Å². The number of hydrogen-bond donors (Lipinski definition) is 3. The summed E-state index contributed by atoms with van der Waals surface area (Å²) in [4.78, 5) is 21.4. The fraction of sp³-hybridized carbons (Fsp3) is 0.308. The van der Waals surface area contributed by atoms with Crippen molar-refractivity contribution in [1.29, 1.82) is 0 Å². The molecule has 0 saturated heterocycles. The van der Waals surface area contributed by atoms with Crippen LogP contribution in [0.5, 0.6) is 5.75 Å². The van der Waals surface area contributed by atoms with E-state index in [4.69, 9.17) is 15.6 Å². The summed E-state index contributed by atoms with van der Waals surface area (Å²) >= 11 is 0. The van der Waals surface area contributed by atoms with Crippen molar-refractivity contribution in [2.75, 3.05) is 12.8 Å². The van der Waals surface area contributed by atoms with Gasteiger partial charge in [0.05, 0.1) is 30.7 Å². The maximum absolute atomic E-state index is 12.7. The third-order valence-electron chi connectivity index (χ3n) is 6.63. The van der Waals surface area contributed by atoms with Gasteiger partial charge in [-0.05, 0) is 42.2 Å². The van der Waals surface area contributed by atoms with Gasteiger partial charge in [0.25, 0.3) is 5.91 Å². The van der Waals surface area contributed by atoms with Gasteiger partial charge in [0, 0.05) is 12.1 Å². The number of nitrogen functional groups attached to an aromatic ring is 1. The smallest absolute Gasteiger partial charge is 0.255 e. The number of carbonyl (C=O) groups excluding carboxylic acids is 1. The lowest BCUT2D eigenvalue weighted by molar-refractivity contribution is 0.0947. The monoisotopic (exact) mass is 472 g/mol. The summed E-state index contributed by atoms with van der Waals surface area (Å²) < 4.78 is 7.26. The number of ether oxygens (including phenoxy) is 1. The maximum atomic E-state index is 12.7. The van der Waals surface area contributed by atoms with Crippen LogP contribution in [-0.4, -0.2) is 37.9 Å². The van der Waals surface area contributed by atoms with Crippen molar-refractivity contribution >= 4 is 22.8 Å². The predicted molar refractivity (Wildman–Crippen MR) is 133 cm³/mol. The molecule has 0 spiro atoms. The zero-order valence-corrected chi connectivity index (χ0v) is 19.6. The molecule has 2 aromatic heterocycles. The highest BCUT2D eigenvalue weighted by molar-refractivity contribution is 5.98. The first-order valence-electron chi connectivity index (χ1n) is 11.7. The number of aliphatic hydroxyl groups is 1. The molecule has 5 rings (SSSR count). The van der Waals surface area contributed by atoms with Gasteiger partial charge >= 0.3 is 0 Å². The quantitative estimate of drug-likeness (QED) is 0.375. The van der Waals surface area contributed by atoms with E-state index in [0.717, 1.165) is 35.0 Å². The third-order valence-corrected chi connectivity index (χ3v) is 6.63. The first-order chi connectivity index (χ1) is 17.1. The number of nitrogens with two attached hydrogens (primary N) is 1. The number of aromatic nitrogens is 4. The van der Waals surface area contributed by atoms with Crippen molar-refractivity contribution in [2.24, 2.45) is 0 Å². The van der Waals surface area contributed by atoms with Crippen molar-refractivity contribution in [3.05, 3.63) is 65.5 Å². The minimum Gasteiger partial charge on any atom is -0.496 e. The summed E-state index contributed by atoms with van der Waals surface area (Å²) in [6.45, 7) is 0.0799. The first-order valence-corrected chi connectivity index (χ1v) is 11.7. The molecule has 1 saturated carbocycles. The summed E-state index contributed by atoms with van der Waals surface area (Å²) in [5.74, 6) is 0.641. The number of anilines is 1. The second kappa shape index (κ2) is 9.71. The highest BCUT2D eigenvalue weighted by Crippen LogP contribution is 2.37. The van der Waals surface area contributed by atoms with Crippen LogP contribution < -0.4 is 15.8 Å². The second-order valence-corrected chi connectivity index (χ2v) is 8.71. The van der Waals surface area contributed by atoms with Gasteiger partial charge in [-0.25, -0.2) is 14.6 Å². The average molecular weight is 473 g/mol. The molecule has 0 aliphatic heterocycles. The van der Waals surface area contributed by atoms with Crippen molar-refractivity contribution in [3.8, 4) is 17.0 Å². The van der Waals surface area contributed by atoms with Crippen molar-refractivity contribution in [2.45, 2.75) is 44.9 Å². The Hall–Kier alpha value is -3.98. The van der Waals surface area contributed by atoms with Crippen LogP contribution in [0.4, 0.5) is 5.82 Å². The van der Waals surface area contributed by atoms with Crippen LogP contribution in [0.1, 0.15) is 53.2 Å². The molecule has 0 unspecified atom stereocenters. The zero-order valence-electron chi connectivity index (χ0n) is 19.6. The van der Waals surface area contributed by atoms with Crippen LogP contribution in [0.15, 0.2) is 48.8 Å². The van der Waals surface area contributed by atoms with Crippen molar-refractivity contribution in [1.82, 2.24) is 25.1 Å². The summed E-state index contributed by atoms with van der Waals surface area (Å²) in [6.07, 6.45) is 5.94.